The van der Waals surface area contributed by atoms with Crippen molar-refractivity contribution in [2.75, 3.05) is 18.5 Å². The van der Waals surface area contributed by atoms with Crippen LogP contribution in [0.5, 0.6) is 5.75 Å². The van der Waals surface area contributed by atoms with Gasteiger partial charge < -0.3 is 29.6 Å². The zero-order valence-electron chi connectivity index (χ0n) is 18.1. The first kappa shape index (κ1) is 20.9. The smallest absolute Gasteiger partial charge is 0.184 e. The van der Waals surface area contributed by atoms with Crippen LogP contribution in [0.25, 0.3) is 21.3 Å². The van der Waals surface area contributed by atoms with E-state index in [4.69, 9.17) is 9.47 Å². The molecule has 1 aliphatic carbocycles. The Morgan fingerprint density at radius 3 is 2.88 bits per heavy atom. The summed E-state index contributed by atoms with van der Waals surface area (Å²) < 4.78 is 14.3. The van der Waals surface area contributed by atoms with Gasteiger partial charge in [0, 0.05) is 12.6 Å². The lowest BCUT2D eigenvalue weighted by Gasteiger charge is -2.32. The fraction of sp³-hybridized carbons (Fsp3) is 0.417. The zero-order chi connectivity index (χ0) is 22.4. The molecule has 2 aliphatic rings. The number of fused-ring (bicyclic) bond motifs is 2. The molecular formula is C24H26N4O4S. The van der Waals surface area contributed by atoms with Gasteiger partial charge in [-0.1, -0.05) is 17.4 Å². The normalized spacial score (nSPS) is 23.6. The van der Waals surface area contributed by atoms with Crippen LogP contribution in [0.1, 0.15) is 24.8 Å². The quantitative estimate of drug-likeness (QED) is 0.401. The number of nitrogens with one attached hydrogen (secondary N) is 1. The van der Waals surface area contributed by atoms with E-state index >= 15 is 0 Å². The number of rotatable bonds is 6. The molecule has 9 heteroatoms. The van der Waals surface area contributed by atoms with Crippen LogP contribution in [0.15, 0.2) is 42.7 Å². The highest BCUT2D eigenvalue weighted by molar-refractivity contribution is 7.22. The van der Waals surface area contributed by atoms with Crippen molar-refractivity contribution in [3.63, 3.8) is 0 Å². The molecule has 2 aromatic heterocycles. The number of hydrogen-bond donors (Lipinski definition) is 3. The minimum Gasteiger partial charge on any atom is -0.486 e. The van der Waals surface area contributed by atoms with Crippen LogP contribution in [0.2, 0.25) is 0 Å². The molecule has 1 saturated carbocycles. The molecule has 172 valence electrons. The van der Waals surface area contributed by atoms with Gasteiger partial charge >= 0.3 is 0 Å². The summed E-state index contributed by atoms with van der Waals surface area (Å²) in [7, 11) is 0. The van der Waals surface area contributed by atoms with Crippen molar-refractivity contribution in [3.8, 4) is 5.75 Å². The molecule has 1 saturated heterocycles. The highest BCUT2D eigenvalue weighted by Gasteiger charge is 2.30. The molecule has 3 unspecified atom stereocenters. The van der Waals surface area contributed by atoms with Crippen molar-refractivity contribution >= 4 is 37.7 Å². The number of benzene rings is 2. The van der Waals surface area contributed by atoms with Gasteiger partial charge in [0.15, 0.2) is 5.13 Å². The number of anilines is 1. The zero-order valence-corrected chi connectivity index (χ0v) is 18.9. The molecule has 0 amide bonds. The molecule has 4 aromatic rings. The fourth-order valence-electron chi connectivity index (χ4n) is 4.52. The van der Waals surface area contributed by atoms with Gasteiger partial charge in [-0.3, -0.25) is 0 Å². The summed E-state index contributed by atoms with van der Waals surface area (Å²) in [6, 6.07) is 12.1. The third-order valence-corrected chi connectivity index (χ3v) is 7.39. The maximum absolute atomic E-state index is 10.3. The van der Waals surface area contributed by atoms with Crippen LogP contribution in [-0.2, 0) is 11.3 Å². The third-order valence-electron chi connectivity index (χ3n) is 6.44. The van der Waals surface area contributed by atoms with Crippen molar-refractivity contribution < 1.29 is 19.7 Å². The average molecular weight is 467 g/mol. The summed E-state index contributed by atoms with van der Waals surface area (Å²) in [5, 5.41) is 24.3. The summed E-state index contributed by atoms with van der Waals surface area (Å²) in [4.78, 5) is 9.23. The van der Waals surface area contributed by atoms with Gasteiger partial charge in [0.05, 0.1) is 59.0 Å². The van der Waals surface area contributed by atoms with E-state index in [9.17, 15) is 10.2 Å². The minimum atomic E-state index is -0.760. The van der Waals surface area contributed by atoms with Crippen LogP contribution in [0.3, 0.4) is 0 Å². The first-order chi connectivity index (χ1) is 16.1. The summed E-state index contributed by atoms with van der Waals surface area (Å²) in [6.07, 6.45) is 2.94. The largest absolute Gasteiger partial charge is 0.486 e. The average Bonchev–Trinajstić information content (AvgIpc) is 3.37. The van der Waals surface area contributed by atoms with Gasteiger partial charge in [0.25, 0.3) is 0 Å². The lowest BCUT2D eigenvalue weighted by atomic mass is 9.90. The van der Waals surface area contributed by atoms with Crippen molar-refractivity contribution in [1.82, 2.24) is 14.5 Å². The predicted molar refractivity (Wildman–Crippen MR) is 127 cm³/mol. The molecule has 0 bridgehead atoms. The highest BCUT2D eigenvalue weighted by atomic mass is 32.1. The van der Waals surface area contributed by atoms with Crippen LogP contribution in [0, 0.1) is 0 Å². The predicted octanol–water partition coefficient (Wildman–Crippen LogP) is 3.16. The van der Waals surface area contributed by atoms with E-state index in [2.05, 4.69) is 32.0 Å². The van der Waals surface area contributed by atoms with Gasteiger partial charge in [0.1, 0.15) is 11.9 Å². The van der Waals surface area contributed by atoms with E-state index in [0.29, 0.717) is 26.2 Å². The molecular weight excluding hydrogens is 440 g/mol. The van der Waals surface area contributed by atoms with E-state index in [1.54, 1.807) is 11.3 Å². The molecule has 2 aromatic carbocycles. The monoisotopic (exact) mass is 466 g/mol. The number of aromatic nitrogens is 3. The summed E-state index contributed by atoms with van der Waals surface area (Å²) in [5.74, 6) is 0.822. The van der Waals surface area contributed by atoms with E-state index in [1.807, 2.05) is 30.6 Å². The first-order valence-electron chi connectivity index (χ1n) is 11.3. The second-order valence-electron chi connectivity index (χ2n) is 8.86. The molecule has 2 fully saturated rings. The van der Waals surface area contributed by atoms with Gasteiger partial charge in [-0.15, -0.1) is 0 Å². The van der Waals surface area contributed by atoms with Crippen LogP contribution >= 0.6 is 11.3 Å². The van der Waals surface area contributed by atoms with Crippen molar-refractivity contribution in [3.05, 3.63) is 48.3 Å². The Balaban J connectivity index is 1.19. The molecule has 0 spiro atoms. The molecule has 6 rings (SSSR count). The summed E-state index contributed by atoms with van der Waals surface area (Å²) in [5.41, 5.74) is 4.06. The van der Waals surface area contributed by atoms with Crippen molar-refractivity contribution in [2.45, 2.75) is 50.2 Å². The van der Waals surface area contributed by atoms with E-state index in [1.165, 1.54) is 0 Å². The standard InChI is InChI=1S/C24H26N4O4S/c29-21-3-1-2-18(23(21)30)27-24-26-17-6-4-14(8-22(17)33-24)10-28-13-25-19-9-15(5-7-20(19)28)32-16-11-31-12-16/h4-9,13,16,18,21,23,29-30H,1-3,10-12H2,(H,26,27). The van der Waals surface area contributed by atoms with E-state index < -0.39 is 12.2 Å². The second-order valence-corrected chi connectivity index (χ2v) is 9.89. The molecule has 3 heterocycles. The number of nitrogens with zero attached hydrogens (tertiary/aromatic N) is 3. The van der Waals surface area contributed by atoms with Gasteiger partial charge in [-0.05, 0) is 49.1 Å². The molecule has 1 aliphatic heterocycles. The number of imidazole rings is 1. The molecule has 3 N–H and O–H groups in total. The Labute approximate surface area is 194 Å². The highest BCUT2D eigenvalue weighted by Crippen LogP contribution is 2.30. The Morgan fingerprint density at radius 2 is 2.03 bits per heavy atom. The maximum Gasteiger partial charge on any atom is 0.184 e. The summed E-state index contributed by atoms with van der Waals surface area (Å²) >= 11 is 1.57. The van der Waals surface area contributed by atoms with Crippen molar-refractivity contribution in [2.24, 2.45) is 0 Å². The molecule has 8 nitrogen and oxygen atoms in total. The Bertz CT molecular complexity index is 1280. The van der Waals surface area contributed by atoms with E-state index in [0.717, 1.165) is 50.5 Å². The Kier molecular flexibility index (Phi) is 5.41. The van der Waals surface area contributed by atoms with Gasteiger partial charge in [-0.2, -0.15) is 0 Å². The van der Waals surface area contributed by atoms with E-state index in [-0.39, 0.29) is 12.1 Å². The third kappa shape index (κ3) is 4.17. The first-order valence-corrected chi connectivity index (χ1v) is 12.2. The van der Waals surface area contributed by atoms with Gasteiger partial charge in [0.2, 0.25) is 0 Å². The molecule has 33 heavy (non-hydrogen) atoms. The molecule has 3 atom stereocenters. The lowest BCUT2D eigenvalue weighted by molar-refractivity contribution is -0.0796. The van der Waals surface area contributed by atoms with Crippen LogP contribution in [-0.4, -0.2) is 62.3 Å². The van der Waals surface area contributed by atoms with Gasteiger partial charge in [-0.25, -0.2) is 9.97 Å². The number of aliphatic hydroxyl groups excluding tert-OH is 2. The SMILES string of the molecule is OC1CCCC(Nc2nc3ccc(Cn4cnc5cc(OC6COC6)ccc54)cc3s2)C1O. The minimum absolute atomic E-state index is 0.140. The van der Waals surface area contributed by atoms with Crippen LogP contribution in [0.4, 0.5) is 5.13 Å². The number of hydrogen-bond acceptors (Lipinski definition) is 8. The van der Waals surface area contributed by atoms with Crippen molar-refractivity contribution in [1.29, 1.82) is 0 Å². The number of thiazole rings is 1. The topological polar surface area (TPSA) is 102 Å². The Morgan fingerprint density at radius 1 is 1.12 bits per heavy atom. The number of aliphatic hydroxyl groups is 2. The Hall–Kier alpha value is -2.72. The lowest BCUT2D eigenvalue weighted by Crippen LogP contribution is -2.45. The summed E-state index contributed by atoms with van der Waals surface area (Å²) in [6.45, 7) is 2.00. The second kappa shape index (κ2) is 8.57. The maximum atomic E-state index is 10.3. The number of ether oxygens (including phenoxy) is 2. The molecule has 0 radical (unpaired) electrons. The van der Waals surface area contributed by atoms with Crippen LogP contribution < -0.4 is 10.1 Å². The fourth-order valence-corrected chi connectivity index (χ4v) is 5.51.